The average molecular weight is 422 g/mol. The van der Waals surface area contributed by atoms with Crippen molar-refractivity contribution in [2.45, 2.75) is 50.9 Å². The molecule has 1 aromatic heterocycles. The van der Waals surface area contributed by atoms with Gasteiger partial charge in [0.2, 0.25) is 5.95 Å². The van der Waals surface area contributed by atoms with Crippen molar-refractivity contribution in [2.75, 3.05) is 24.7 Å². The zero-order valence-electron chi connectivity index (χ0n) is 17.1. The van der Waals surface area contributed by atoms with Crippen LogP contribution in [-0.4, -0.2) is 48.2 Å². The Bertz CT molecular complexity index is 873. The zero-order valence-corrected chi connectivity index (χ0v) is 17.1. The van der Waals surface area contributed by atoms with Crippen LogP contribution in [0.3, 0.4) is 0 Å². The molecule has 1 amide bonds. The summed E-state index contributed by atoms with van der Waals surface area (Å²) in [5.74, 6) is 0.538. The Morgan fingerprint density at radius 2 is 2.03 bits per heavy atom. The van der Waals surface area contributed by atoms with Gasteiger partial charge in [-0.1, -0.05) is 31.0 Å². The van der Waals surface area contributed by atoms with Crippen molar-refractivity contribution in [1.29, 1.82) is 0 Å². The van der Waals surface area contributed by atoms with Gasteiger partial charge in [-0.05, 0) is 18.9 Å². The van der Waals surface area contributed by atoms with Crippen LogP contribution in [0, 0.1) is 0 Å². The van der Waals surface area contributed by atoms with Gasteiger partial charge in [-0.15, -0.1) is 0 Å². The second kappa shape index (κ2) is 9.75. The summed E-state index contributed by atoms with van der Waals surface area (Å²) in [5, 5.41) is 8.92. The lowest BCUT2D eigenvalue weighted by molar-refractivity contribution is -0.0504. The number of carbonyl (C=O) groups excluding carboxylic acids is 1. The minimum atomic E-state index is -2.95. The smallest absolute Gasteiger partial charge is 0.387 e. The van der Waals surface area contributed by atoms with E-state index in [-0.39, 0.29) is 30.3 Å². The molecule has 0 saturated heterocycles. The molecule has 2 aromatic rings. The number of nitrogens with two attached hydrogens (primary N) is 1. The van der Waals surface area contributed by atoms with Gasteiger partial charge in [-0.25, -0.2) is 0 Å². The van der Waals surface area contributed by atoms with E-state index in [4.69, 9.17) is 5.73 Å². The number of carbonyl (C=O) groups is 1. The number of nitrogens with zero attached hydrogens (tertiary/aromatic N) is 2. The van der Waals surface area contributed by atoms with Crippen molar-refractivity contribution in [3.8, 4) is 5.75 Å². The molecule has 0 spiro atoms. The van der Waals surface area contributed by atoms with Gasteiger partial charge in [-0.2, -0.15) is 13.8 Å². The number of ether oxygens (including phenoxy) is 1. The van der Waals surface area contributed by atoms with Gasteiger partial charge in [0.15, 0.2) is 11.5 Å². The Hall–Kier alpha value is -2.88. The number of para-hydroxylation sites is 1. The Morgan fingerprint density at radius 1 is 1.30 bits per heavy atom. The lowest BCUT2D eigenvalue weighted by atomic mass is 9.91. The highest BCUT2D eigenvalue weighted by Gasteiger charge is 2.27. The van der Waals surface area contributed by atoms with Crippen LogP contribution < -0.4 is 26.4 Å². The highest BCUT2D eigenvalue weighted by atomic mass is 19.3. The third-order valence-corrected chi connectivity index (χ3v) is 5.30. The summed E-state index contributed by atoms with van der Waals surface area (Å²) < 4.78 is 32.0. The molecule has 2 atom stereocenters. The van der Waals surface area contributed by atoms with Gasteiger partial charge in [0, 0.05) is 31.7 Å². The molecule has 5 N–H and O–H groups in total. The number of anilines is 2. The van der Waals surface area contributed by atoms with Gasteiger partial charge in [-0.3, -0.25) is 9.36 Å². The van der Waals surface area contributed by atoms with E-state index in [1.165, 1.54) is 13.1 Å². The molecular formula is C20H28F2N6O2. The van der Waals surface area contributed by atoms with E-state index in [0.717, 1.165) is 25.7 Å². The van der Waals surface area contributed by atoms with Crippen molar-refractivity contribution in [2.24, 2.45) is 5.73 Å². The number of imidazole rings is 1. The number of amides is 1. The summed E-state index contributed by atoms with van der Waals surface area (Å²) >= 11 is 0. The largest absolute Gasteiger partial charge is 0.434 e. The number of nitrogens with one attached hydrogen (secondary N) is 3. The minimum absolute atomic E-state index is 0.00898. The molecule has 3 rings (SSSR count). The first kappa shape index (κ1) is 21.8. The fraction of sp³-hybridized carbons (Fsp3) is 0.500. The molecule has 1 aromatic carbocycles. The van der Waals surface area contributed by atoms with Crippen LogP contribution in [0.4, 0.5) is 20.5 Å². The topological polar surface area (TPSA) is 106 Å². The van der Waals surface area contributed by atoms with Crippen LogP contribution in [0.2, 0.25) is 0 Å². The Morgan fingerprint density at radius 3 is 2.70 bits per heavy atom. The quantitative estimate of drug-likeness (QED) is 0.521. The minimum Gasteiger partial charge on any atom is -0.434 e. The Balaban J connectivity index is 2.02. The molecule has 1 aliphatic rings. The second-order valence-corrected chi connectivity index (χ2v) is 7.23. The number of benzene rings is 1. The molecule has 1 heterocycles. The molecule has 2 unspecified atom stereocenters. The predicted molar refractivity (Wildman–Crippen MR) is 111 cm³/mol. The monoisotopic (exact) mass is 422 g/mol. The van der Waals surface area contributed by atoms with E-state index >= 15 is 0 Å². The summed E-state index contributed by atoms with van der Waals surface area (Å²) in [6.45, 7) is -2.83. The van der Waals surface area contributed by atoms with Crippen molar-refractivity contribution < 1.29 is 18.3 Å². The summed E-state index contributed by atoms with van der Waals surface area (Å²) in [6, 6.07) is 6.48. The van der Waals surface area contributed by atoms with Gasteiger partial charge in [0.05, 0.1) is 6.54 Å². The van der Waals surface area contributed by atoms with Crippen LogP contribution in [0.15, 0.2) is 24.3 Å². The molecule has 0 bridgehead atoms. The maximum atomic E-state index is 12.8. The van der Waals surface area contributed by atoms with E-state index in [1.54, 1.807) is 29.8 Å². The number of rotatable bonds is 8. The standard InChI is InChI=1S/C20H28F2N6O2/c1-24-17-16(18(29)25-2)28(11-12-7-3-6-10-15(12)30-19(21)22)20(27-17)26-14-9-5-4-8-13(14)23/h3,6-7,10,13-14,19,24H,4-5,8-9,11,23H2,1-2H3,(H,25,29)(H,26,27). The Labute approximate surface area is 174 Å². The molecule has 10 heteroatoms. The van der Waals surface area contributed by atoms with Crippen molar-refractivity contribution >= 4 is 17.7 Å². The lowest BCUT2D eigenvalue weighted by Gasteiger charge is -2.30. The molecule has 0 radical (unpaired) electrons. The highest BCUT2D eigenvalue weighted by molar-refractivity contribution is 5.98. The fourth-order valence-electron chi connectivity index (χ4n) is 3.76. The van der Waals surface area contributed by atoms with Crippen molar-refractivity contribution in [3.05, 3.63) is 35.5 Å². The molecule has 0 aliphatic heterocycles. The molecule has 164 valence electrons. The normalized spacial score (nSPS) is 18.9. The van der Waals surface area contributed by atoms with Crippen LogP contribution in [0.5, 0.6) is 5.75 Å². The van der Waals surface area contributed by atoms with Gasteiger partial charge in [0.1, 0.15) is 5.75 Å². The average Bonchev–Trinajstić information content (AvgIpc) is 3.07. The summed E-state index contributed by atoms with van der Waals surface area (Å²) in [7, 11) is 3.19. The highest BCUT2D eigenvalue weighted by Crippen LogP contribution is 2.29. The van der Waals surface area contributed by atoms with E-state index in [0.29, 0.717) is 23.0 Å². The molecular weight excluding hydrogens is 394 g/mol. The first-order valence-corrected chi connectivity index (χ1v) is 9.99. The molecule has 30 heavy (non-hydrogen) atoms. The maximum Gasteiger partial charge on any atom is 0.387 e. The lowest BCUT2D eigenvalue weighted by Crippen LogP contribution is -2.43. The third-order valence-electron chi connectivity index (χ3n) is 5.30. The number of aromatic nitrogens is 2. The van der Waals surface area contributed by atoms with Gasteiger partial charge >= 0.3 is 6.61 Å². The third kappa shape index (κ3) is 4.81. The van der Waals surface area contributed by atoms with Crippen molar-refractivity contribution in [3.63, 3.8) is 0 Å². The number of alkyl halides is 2. The van der Waals surface area contributed by atoms with Crippen LogP contribution in [-0.2, 0) is 6.54 Å². The van der Waals surface area contributed by atoms with E-state index in [1.807, 2.05) is 0 Å². The van der Waals surface area contributed by atoms with Crippen molar-refractivity contribution in [1.82, 2.24) is 14.9 Å². The summed E-state index contributed by atoms with van der Waals surface area (Å²) in [6.07, 6.45) is 3.93. The summed E-state index contributed by atoms with van der Waals surface area (Å²) in [4.78, 5) is 17.2. The summed E-state index contributed by atoms with van der Waals surface area (Å²) in [5.41, 5.74) is 7.06. The first-order valence-electron chi connectivity index (χ1n) is 9.99. The second-order valence-electron chi connectivity index (χ2n) is 7.23. The van der Waals surface area contributed by atoms with E-state index in [2.05, 4.69) is 25.7 Å². The van der Waals surface area contributed by atoms with Crippen LogP contribution in [0.1, 0.15) is 41.7 Å². The first-order chi connectivity index (χ1) is 14.4. The van der Waals surface area contributed by atoms with Gasteiger partial charge in [0.25, 0.3) is 5.91 Å². The van der Waals surface area contributed by atoms with Crippen LogP contribution >= 0.6 is 0 Å². The number of hydrogen-bond donors (Lipinski definition) is 4. The van der Waals surface area contributed by atoms with Gasteiger partial charge < -0.3 is 26.4 Å². The predicted octanol–water partition coefficient (Wildman–Crippen LogP) is 2.62. The molecule has 1 fully saturated rings. The van der Waals surface area contributed by atoms with E-state index in [9.17, 15) is 13.6 Å². The number of hydrogen-bond acceptors (Lipinski definition) is 6. The molecule has 8 nitrogen and oxygen atoms in total. The molecule has 1 aliphatic carbocycles. The molecule has 1 saturated carbocycles. The number of halogens is 2. The van der Waals surface area contributed by atoms with E-state index < -0.39 is 6.61 Å². The zero-order chi connectivity index (χ0) is 21.7. The van der Waals surface area contributed by atoms with Crippen LogP contribution in [0.25, 0.3) is 0 Å². The Kier molecular flexibility index (Phi) is 7.09. The SMILES string of the molecule is CNC(=O)c1c(NC)nc(NC2CCCCC2N)n1Cc1ccccc1OC(F)F. The fourth-order valence-corrected chi connectivity index (χ4v) is 3.76. The maximum absolute atomic E-state index is 12.8.